The predicted octanol–water partition coefficient (Wildman–Crippen LogP) is 3.06. The standard InChI is InChI=1S/C15H17N3O2/c16-11-3-1-4-12(9-11)17-15(19)18(13-6-7-13)10-14-5-2-8-20-14/h1-5,8-9,13H,6-7,10,16H2,(H,17,19). The zero-order chi connectivity index (χ0) is 13.9. The summed E-state index contributed by atoms with van der Waals surface area (Å²) < 4.78 is 5.32. The van der Waals surface area contributed by atoms with Crippen LogP contribution in [-0.2, 0) is 6.54 Å². The molecule has 0 unspecified atom stereocenters. The average Bonchev–Trinajstić information content (AvgIpc) is 3.12. The Balaban J connectivity index is 1.69. The monoisotopic (exact) mass is 271 g/mol. The molecule has 1 aliphatic rings. The van der Waals surface area contributed by atoms with Crippen molar-refractivity contribution in [1.29, 1.82) is 0 Å². The van der Waals surface area contributed by atoms with Crippen LogP contribution in [0.4, 0.5) is 16.2 Å². The Morgan fingerprint density at radius 2 is 2.20 bits per heavy atom. The number of furan rings is 1. The minimum Gasteiger partial charge on any atom is -0.467 e. The van der Waals surface area contributed by atoms with Crippen molar-refractivity contribution < 1.29 is 9.21 Å². The number of carbonyl (C=O) groups is 1. The Kier molecular flexibility index (Phi) is 3.33. The van der Waals surface area contributed by atoms with Gasteiger partial charge in [-0.2, -0.15) is 0 Å². The van der Waals surface area contributed by atoms with E-state index in [9.17, 15) is 4.79 Å². The second-order valence-corrected chi connectivity index (χ2v) is 4.99. The lowest BCUT2D eigenvalue weighted by Gasteiger charge is -2.21. The maximum Gasteiger partial charge on any atom is 0.322 e. The lowest BCUT2D eigenvalue weighted by molar-refractivity contribution is 0.201. The number of urea groups is 1. The largest absolute Gasteiger partial charge is 0.467 e. The summed E-state index contributed by atoms with van der Waals surface area (Å²) in [6, 6.07) is 11.1. The molecular weight excluding hydrogens is 254 g/mol. The molecule has 3 N–H and O–H groups in total. The summed E-state index contributed by atoms with van der Waals surface area (Å²) in [5.74, 6) is 0.791. The summed E-state index contributed by atoms with van der Waals surface area (Å²) in [4.78, 5) is 14.2. The third-order valence-electron chi connectivity index (χ3n) is 3.29. The SMILES string of the molecule is Nc1cccc(NC(=O)N(Cc2ccco2)C2CC2)c1. The number of amides is 2. The number of nitrogens with two attached hydrogens (primary N) is 1. The highest BCUT2D eigenvalue weighted by atomic mass is 16.3. The summed E-state index contributed by atoms with van der Waals surface area (Å²) >= 11 is 0. The molecule has 1 aromatic carbocycles. The highest BCUT2D eigenvalue weighted by Crippen LogP contribution is 2.29. The number of nitrogens with one attached hydrogen (secondary N) is 1. The molecule has 1 saturated carbocycles. The normalized spacial score (nSPS) is 14.0. The number of benzene rings is 1. The number of anilines is 2. The van der Waals surface area contributed by atoms with Gasteiger partial charge in [0, 0.05) is 17.4 Å². The summed E-state index contributed by atoms with van der Waals surface area (Å²) in [5, 5.41) is 2.88. The van der Waals surface area contributed by atoms with E-state index in [1.807, 2.05) is 29.2 Å². The Bertz CT molecular complexity index is 591. The first-order chi connectivity index (χ1) is 9.72. The second-order valence-electron chi connectivity index (χ2n) is 4.99. The van der Waals surface area contributed by atoms with Crippen molar-refractivity contribution >= 4 is 17.4 Å². The molecule has 0 aliphatic heterocycles. The van der Waals surface area contributed by atoms with E-state index in [-0.39, 0.29) is 6.03 Å². The molecule has 0 bridgehead atoms. The first kappa shape index (κ1) is 12.6. The van der Waals surface area contributed by atoms with E-state index in [2.05, 4.69) is 5.32 Å². The molecule has 3 rings (SSSR count). The van der Waals surface area contributed by atoms with E-state index in [1.165, 1.54) is 0 Å². The molecule has 1 aliphatic carbocycles. The molecule has 104 valence electrons. The van der Waals surface area contributed by atoms with Crippen LogP contribution in [0.1, 0.15) is 18.6 Å². The Morgan fingerprint density at radius 1 is 1.35 bits per heavy atom. The van der Waals surface area contributed by atoms with Crippen LogP contribution in [0.3, 0.4) is 0 Å². The minimum atomic E-state index is -0.116. The number of nitrogen functional groups attached to an aromatic ring is 1. The van der Waals surface area contributed by atoms with Crippen LogP contribution >= 0.6 is 0 Å². The number of hydrogen-bond donors (Lipinski definition) is 2. The van der Waals surface area contributed by atoms with Gasteiger partial charge < -0.3 is 20.4 Å². The molecule has 5 nitrogen and oxygen atoms in total. The molecular formula is C15H17N3O2. The molecule has 5 heteroatoms. The van der Waals surface area contributed by atoms with Gasteiger partial charge in [0.15, 0.2) is 0 Å². The van der Waals surface area contributed by atoms with Gasteiger partial charge in [0.1, 0.15) is 5.76 Å². The minimum absolute atomic E-state index is 0.116. The number of nitrogens with zero attached hydrogens (tertiary/aromatic N) is 1. The highest BCUT2D eigenvalue weighted by molar-refractivity contribution is 5.90. The van der Waals surface area contributed by atoms with Crippen molar-refractivity contribution in [1.82, 2.24) is 4.90 Å². The van der Waals surface area contributed by atoms with Gasteiger partial charge in [0.05, 0.1) is 12.8 Å². The van der Waals surface area contributed by atoms with Gasteiger partial charge in [-0.05, 0) is 43.2 Å². The molecule has 0 atom stereocenters. The fraction of sp³-hybridized carbons (Fsp3) is 0.267. The lowest BCUT2D eigenvalue weighted by Crippen LogP contribution is -2.36. The second kappa shape index (κ2) is 5.28. The van der Waals surface area contributed by atoms with Crippen molar-refractivity contribution in [2.24, 2.45) is 0 Å². The maximum absolute atomic E-state index is 12.4. The van der Waals surface area contributed by atoms with Crippen molar-refractivity contribution in [3.8, 4) is 0 Å². The first-order valence-corrected chi connectivity index (χ1v) is 6.68. The van der Waals surface area contributed by atoms with E-state index in [0.29, 0.717) is 24.0 Å². The molecule has 0 radical (unpaired) electrons. The first-order valence-electron chi connectivity index (χ1n) is 6.68. The zero-order valence-electron chi connectivity index (χ0n) is 11.1. The van der Waals surface area contributed by atoms with Gasteiger partial charge in [-0.1, -0.05) is 6.07 Å². The van der Waals surface area contributed by atoms with Crippen LogP contribution < -0.4 is 11.1 Å². The lowest BCUT2D eigenvalue weighted by atomic mass is 10.3. The zero-order valence-corrected chi connectivity index (χ0v) is 11.1. The van der Waals surface area contributed by atoms with Gasteiger partial charge in [-0.3, -0.25) is 0 Å². The fourth-order valence-corrected chi connectivity index (χ4v) is 2.14. The number of hydrogen-bond acceptors (Lipinski definition) is 3. The molecule has 1 fully saturated rings. The van der Waals surface area contributed by atoms with Gasteiger partial charge in [0.25, 0.3) is 0 Å². The average molecular weight is 271 g/mol. The van der Waals surface area contributed by atoms with Gasteiger partial charge in [-0.25, -0.2) is 4.79 Å². The molecule has 1 aromatic heterocycles. The summed E-state index contributed by atoms with van der Waals surface area (Å²) in [6.45, 7) is 0.492. The van der Waals surface area contributed by atoms with E-state index in [0.717, 1.165) is 18.6 Å². The van der Waals surface area contributed by atoms with E-state index in [4.69, 9.17) is 10.2 Å². The van der Waals surface area contributed by atoms with E-state index < -0.39 is 0 Å². The Morgan fingerprint density at radius 3 is 2.85 bits per heavy atom. The molecule has 2 aromatic rings. The molecule has 0 spiro atoms. The van der Waals surface area contributed by atoms with Crippen molar-refractivity contribution in [3.05, 3.63) is 48.4 Å². The third kappa shape index (κ3) is 2.93. The van der Waals surface area contributed by atoms with Crippen molar-refractivity contribution in [3.63, 3.8) is 0 Å². The molecule has 2 amide bonds. The van der Waals surface area contributed by atoms with Crippen LogP contribution in [0.25, 0.3) is 0 Å². The summed E-state index contributed by atoms with van der Waals surface area (Å²) in [7, 11) is 0. The third-order valence-corrected chi connectivity index (χ3v) is 3.29. The predicted molar refractivity (Wildman–Crippen MR) is 77.1 cm³/mol. The quantitative estimate of drug-likeness (QED) is 0.839. The van der Waals surface area contributed by atoms with Gasteiger partial charge in [-0.15, -0.1) is 0 Å². The van der Waals surface area contributed by atoms with Crippen LogP contribution in [0.2, 0.25) is 0 Å². The van der Waals surface area contributed by atoms with E-state index in [1.54, 1.807) is 18.4 Å². The summed E-state index contributed by atoms with van der Waals surface area (Å²) in [6.07, 6.45) is 3.71. The molecule has 1 heterocycles. The Labute approximate surface area is 117 Å². The van der Waals surface area contributed by atoms with Gasteiger partial charge >= 0.3 is 6.03 Å². The molecule has 20 heavy (non-hydrogen) atoms. The number of carbonyl (C=O) groups excluding carboxylic acids is 1. The topological polar surface area (TPSA) is 71.5 Å². The smallest absolute Gasteiger partial charge is 0.322 e. The van der Waals surface area contributed by atoms with Crippen molar-refractivity contribution in [2.75, 3.05) is 11.1 Å². The van der Waals surface area contributed by atoms with Crippen LogP contribution in [0.5, 0.6) is 0 Å². The van der Waals surface area contributed by atoms with Crippen LogP contribution in [0.15, 0.2) is 47.1 Å². The van der Waals surface area contributed by atoms with Crippen molar-refractivity contribution in [2.45, 2.75) is 25.4 Å². The number of rotatable bonds is 4. The van der Waals surface area contributed by atoms with Gasteiger partial charge in [0.2, 0.25) is 0 Å². The maximum atomic E-state index is 12.4. The highest BCUT2D eigenvalue weighted by Gasteiger charge is 2.33. The molecule has 0 saturated heterocycles. The van der Waals surface area contributed by atoms with Crippen LogP contribution in [-0.4, -0.2) is 17.0 Å². The van der Waals surface area contributed by atoms with E-state index >= 15 is 0 Å². The van der Waals surface area contributed by atoms with Crippen LogP contribution in [0, 0.1) is 0 Å². The summed E-state index contributed by atoms with van der Waals surface area (Å²) in [5.41, 5.74) is 7.05. The Hall–Kier alpha value is -2.43. The fourth-order valence-electron chi connectivity index (χ4n) is 2.14.